The van der Waals surface area contributed by atoms with Crippen molar-refractivity contribution in [3.05, 3.63) is 62.1 Å². The Balaban J connectivity index is 1.49. The standard InChI is InChI=1S/C17H17BrN6O2S/c1-10-7-11(2)24(23-10)15-6-3-12(8-19-15)9-20-17(26)22-21-16(25)13-4-5-14(18)27-13/h3-8H,9H2,1-2H3,(H,21,25)(H2,20,22,26). The van der Waals surface area contributed by atoms with Crippen molar-refractivity contribution >= 4 is 39.2 Å². The Morgan fingerprint density at radius 3 is 2.59 bits per heavy atom. The average Bonchev–Trinajstić information content (AvgIpc) is 3.23. The third-order valence-electron chi connectivity index (χ3n) is 3.58. The number of thiophene rings is 1. The molecule has 140 valence electrons. The molecule has 3 aromatic rings. The molecular formula is C17H17BrN6O2S. The number of nitrogens with zero attached hydrogens (tertiary/aromatic N) is 3. The van der Waals surface area contributed by atoms with Crippen LogP contribution in [0.4, 0.5) is 4.79 Å². The predicted octanol–water partition coefficient (Wildman–Crippen LogP) is 2.85. The Kier molecular flexibility index (Phi) is 5.87. The van der Waals surface area contributed by atoms with Crippen molar-refractivity contribution in [3.8, 4) is 5.82 Å². The van der Waals surface area contributed by atoms with E-state index in [9.17, 15) is 9.59 Å². The molecular weight excluding hydrogens is 432 g/mol. The maximum absolute atomic E-state index is 11.9. The number of aryl methyl sites for hydroxylation is 2. The molecule has 3 rings (SSSR count). The second kappa shape index (κ2) is 8.31. The van der Waals surface area contributed by atoms with Gasteiger partial charge in [0.2, 0.25) is 0 Å². The number of hydrazine groups is 1. The zero-order chi connectivity index (χ0) is 19.4. The molecule has 0 spiro atoms. The molecule has 0 aliphatic rings. The number of nitrogens with one attached hydrogen (secondary N) is 3. The molecule has 3 amide bonds. The number of aromatic nitrogens is 3. The molecule has 10 heteroatoms. The van der Waals surface area contributed by atoms with E-state index in [4.69, 9.17) is 0 Å². The zero-order valence-electron chi connectivity index (χ0n) is 14.6. The molecule has 8 nitrogen and oxygen atoms in total. The fraction of sp³-hybridized carbons (Fsp3) is 0.176. The van der Waals surface area contributed by atoms with E-state index < -0.39 is 6.03 Å². The quantitative estimate of drug-likeness (QED) is 0.534. The second-order valence-corrected chi connectivity index (χ2v) is 8.19. The van der Waals surface area contributed by atoms with Crippen LogP contribution in [-0.4, -0.2) is 26.7 Å². The molecule has 3 aromatic heterocycles. The maximum Gasteiger partial charge on any atom is 0.333 e. The molecule has 0 radical (unpaired) electrons. The smallest absolute Gasteiger partial charge is 0.333 e. The van der Waals surface area contributed by atoms with Crippen LogP contribution in [0.2, 0.25) is 0 Å². The van der Waals surface area contributed by atoms with Crippen LogP contribution in [0.15, 0.2) is 40.3 Å². The van der Waals surface area contributed by atoms with Crippen molar-refractivity contribution in [3.63, 3.8) is 0 Å². The van der Waals surface area contributed by atoms with Crippen LogP contribution in [0.3, 0.4) is 0 Å². The Morgan fingerprint density at radius 1 is 1.19 bits per heavy atom. The second-order valence-electron chi connectivity index (χ2n) is 5.73. The lowest BCUT2D eigenvalue weighted by Crippen LogP contribution is -2.46. The number of pyridine rings is 1. The van der Waals surface area contributed by atoms with Gasteiger partial charge in [-0.05, 0) is 59.6 Å². The van der Waals surface area contributed by atoms with E-state index in [2.05, 4.69) is 42.2 Å². The molecule has 0 saturated heterocycles. The highest BCUT2D eigenvalue weighted by molar-refractivity contribution is 9.11. The van der Waals surface area contributed by atoms with Crippen LogP contribution in [0.25, 0.3) is 5.82 Å². The van der Waals surface area contributed by atoms with Crippen molar-refractivity contribution in [1.29, 1.82) is 0 Å². The third-order valence-corrected chi connectivity index (χ3v) is 5.20. The van der Waals surface area contributed by atoms with Gasteiger partial charge in [-0.25, -0.2) is 19.9 Å². The molecule has 0 bridgehead atoms. The molecule has 0 saturated carbocycles. The van der Waals surface area contributed by atoms with Crippen molar-refractivity contribution in [2.75, 3.05) is 0 Å². The van der Waals surface area contributed by atoms with Gasteiger partial charge in [0.15, 0.2) is 5.82 Å². The molecule has 0 aliphatic heterocycles. The Labute approximate surface area is 168 Å². The topological polar surface area (TPSA) is 101 Å². The highest BCUT2D eigenvalue weighted by Crippen LogP contribution is 2.21. The summed E-state index contributed by atoms with van der Waals surface area (Å²) in [4.78, 5) is 28.5. The SMILES string of the molecule is Cc1cc(C)n(-c2ccc(CNC(=O)NNC(=O)c3ccc(Br)s3)cn2)n1. The van der Waals surface area contributed by atoms with E-state index >= 15 is 0 Å². The summed E-state index contributed by atoms with van der Waals surface area (Å²) in [5.74, 6) is 0.333. The summed E-state index contributed by atoms with van der Waals surface area (Å²) < 4.78 is 2.60. The van der Waals surface area contributed by atoms with E-state index in [1.807, 2.05) is 32.0 Å². The lowest BCUT2D eigenvalue weighted by Gasteiger charge is -2.09. The predicted molar refractivity (Wildman–Crippen MR) is 106 cm³/mol. The molecule has 0 fully saturated rings. The van der Waals surface area contributed by atoms with E-state index in [1.165, 1.54) is 11.3 Å². The first kappa shape index (κ1) is 19.1. The number of halogens is 1. The van der Waals surface area contributed by atoms with Crippen LogP contribution in [0, 0.1) is 13.8 Å². The Hall–Kier alpha value is -2.72. The summed E-state index contributed by atoms with van der Waals surface area (Å²) in [6.45, 7) is 4.16. The van der Waals surface area contributed by atoms with E-state index in [0.717, 1.165) is 20.7 Å². The number of hydrogen-bond acceptors (Lipinski definition) is 5. The molecule has 3 heterocycles. The number of urea groups is 1. The lowest BCUT2D eigenvalue weighted by molar-refractivity contribution is 0.0940. The summed E-state index contributed by atoms with van der Waals surface area (Å²) in [6.07, 6.45) is 1.67. The van der Waals surface area contributed by atoms with Gasteiger partial charge in [-0.1, -0.05) is 6.07 Å². The number of amides is 3. The molecule has 0 atom stereocenters. The number of rotatable bonds is 4. The first-order chi connectivity index (χ1) is 12.9. The van der Waals surface area contributed by atoms with Crippen molar-refractivity contribution in [2.24, 2.45) is 0 Å². The van der Waals surface area contributed by atoms with E-state index in [-0.39, 0.29) is 12.5 Å². The minimum Gasteiger partial charge on any atom is -0.333 e. The largest absolute Gasteiger partial charge is 0.333 e. The van der Waals surface area contributed by atoms with Gasteiger partial charge in [-0.15, -0.1) is 11.3 Å². The van der Waals surface area contributed by atoms with E-state index in [1.54, 1.807) is 23.0 Å². The van der Waals surface area contributed by atoms with Gasteiger partial charge in [-0.2, -0.15) is 5.10 Å². The fourth-order valence-corrected chi connectivity index (χ4v) is 3.63. The normalized spacial score (nSPS) is 10.5. The number of hydrogen-bond donors (Lipinski definition) is 3. The van der Waals surface area contributed by atoms with Gasteiger partial charge >= 0.3 is 6.03 Å². The molecule has 0 aromatic carbocycles. The van der Waals surface area contributed by atoms with Crippen LogP contribution in [-0.2, 0) is 6.54 Å². The van der Waals surface area contributed by atoms with Gasteiger partial charge in [-0.3, -0.25) is 10.2 Å². The van der Waals surface area contributed by atoms with Gasteiger partial charge < -0.3 is 5.32 Å². The summed E-state index contributed by atoms with van der Waals surface area (Å²) in [5.41, 5.74) is 7.41. The minimum atomic E-state index is -0.512. The summed E-state index contributed by atoms with van der Waals surface area (Å²) in [6, 6.07) is 8.60. The van der Waals surface area contributed by atoms with Gasteiger partial charge in [0.05, 0.1) is 14.4 Å². The fourth-order valence-electron chi connectivity index (χ4n) is 2.35. The number of carbonyl (C=O) groups excluding carboxylic acids is 2. The average molecular weight is 449 g/mol. The minimum absolute atomic E-state index is 0.274. The van der Waals surface area contributed by atoms with Gasteiger partial charge in [0.25, 0.3) is 5.91 Å². The molecule has 0 aliphatic carbocycles. The molecule has 27 heavy (non-hydrogen) atoms. The summed E-state index contributed by atoms with van der Waals surface area (Å²) >= 11 is 4.56. The first-order valence-electron chi connectivity index (χ1n) is 8.00. The van der Waals surface area contributed by atoms with Crippen molar-refractivity contribution in [2.45, 2.75) is 20.4 Å². The highest BCUT2D eigenvalue weighted by atomic mass is 79.9. The van der Waals surface area contributed by atoms with Gasteiger partial charge in [0.1, 0.15) is 0 Å². The number of carbonyl (C=O) groups is 2. The molecule has 0 unspecified atom stereocenters. The Morgan fingerprint density at radius 2 is 2.00 bits per heavy atom. The lowest BCUT2D eigenvalue weighted by atomic mass is 10.3. The molecule has 3 N–H and O–H groups in total. The van der Waals surface area contributed by atoms with Gasteiger partial charge in [0, 0.05) is 18.4 Å². The van der Waals surface area contributed by atoms with Crippen LogP contribution >= 0.6 is 27.3 Å². The third kappa shape index (κ3) is 4.92. The highest BCUT2D eigenvalue weighted by Gasteiger charge is 2.10. The van der Waals surface area contributed by atoms with Crippen LogP contribution in [0.1, 0.15) is 26.6 Å². The maximum atomic E-state index is 11.9. The van der Waals surface area contributed by atoms with Crippen molar-refractivity contribution < 1.29 is 9.59 Å². The van der Waals surface area contributed by atoms with Crippen molar-refractivity contribution in [1.82, 2.24) is 30.9 Å². The summed E-state index contributed by atoms with van der Waals surface area (Å²) in [5, 5.41) is 7.04. The van der Waals surface area contributed by atoms with Crippen LogP contribution in [0.5, 0.6) is 0 Å². The Bertz CT molecular complexity index is 966. The zero-order valence-corrected chi connectivity index (χ0v) is 17.0. The summed E-state index contributed by atoms with van der Waals surface area (Å²) in [7, 11) is 0. The van der Waals surface area contributed by atoms with Crippen LogP contribution < -0.4 is 16.2 Å². The first-order valence-corrected chi connectivity index (χ1v) is 9.61. The monoisotopic (exact) mass is 448 g/mol. The van der Waals surface area contributed by atoms with E-state index in [0.29, 0.717) is 10.7 Å².